The van der Waals surface area contributed by atoms with Crippen molar-refractivity contribution in [3.05, 3.63) is 35.4 Å². The zero-order valence-electron chi connectivity index (χ0n) is 6.91. The second kappa shape index (κ2) is 4.04. The molecule has 3 nitrogen and oxygen atoms in total. The summed E-state index contributed by atoms with van der Waals surface area (Å²) in [6.07, 6.45) is 0.0783. The molecular weight excluding hydrogens is 162 g/mol. The SMILES string of the molecule is N#CCC(=N)c1cccc(C#N)c1. The van der Waals surface area contributed by atoms with Gasteiger partial charge in [-0.1, -0.05) is 12.1 Å². The zero-order valence-corrected chi connectivity index (χ0v) is 6.91. The topological polar surface area (TPSA) is 71.4 Å². The third kappa shape index (κ3) is 2.15. The van der Waals surface area contributed by atoms with Crippen LogP contribution in [0.3, 0.4) is 0 Å². The molecule has 0 aliphatic carbocycles. The molecule has 0 atom stereocenters. The van der Waals surface area contributed by atoms with Gasteiger partial charge in [-0.3, -0.25) is 0 Å². The molecule has 1 N–H and O–H groups in total. The van der Waals surface area contributed by atoms with Gasteiger partial charge < -0.3 is 5.41 Å². The summed E-state index contributed by atoms with van der Waals surface area (Å²) in [6.45, 7) is 0. The van der Waals surface area contributed by atoms with Crippen LogP contribution in [0.25, 0.3) is 0 Å². The lowest BCUT2D eigenvalue weighted by Crippen LogP contribution is -1.97. The molecule has 13 heavy (non-hydrogen) atoms. The number of benzene rings is 1. The van der Waals surface area contributed by atoms with Crippen molar-refractivity contribution < 1.29 is 0 Å². The van der Waals surface area contributed by atoms with Gasteiger partial charge in [-0.25, -0.2) is 0 Å². The van der Waals surface area contributed by atoms with Crippen molar-refractivity contribution in [2.45, 2.75) is 6.42 Å². The van der Waals surface area contributed by atoms with E-state index in [4.69, 9.17) is 15.9 Å². The van der Waals surface area contributed by atoms with Gasteiger partial charge in [0.05, 0.1) is 29.8 Å². The Morgan fingerprint density at radius 3 is 2.77 bits per heavy atom. The van der Waals surface area contributed by atoms with Crippen LogP contribution in [0.2, 0.25) is 0 Å². The van der Waals surface area contributed by atoms with E-state index in [0.29, 0.717) is 11.1 Å². The summed E-state index contributed by atoms with van der Waals surface area (Å²) in [5.74, 6) is 0. The average molecular weight is 169 g/mol. The molecule has 0 aliphatic rings. The largest absolute Gasteiger partial charge is 0.304 e. The van der Waals surface area contributed by atoms with Crippen LogP contribution in [0.15, 0.2) is 24.3 Å². The van der Waals surface area contributed by atoms with Crippen LogP contribution in [-0.2, 0) is 0 Å². The van der Waals surface area contributed by atoms with E-state index in [1.54, 1.807) is 24.3 Å². The second-order valence-electron chi connectivity index (χ2n) is 2.51. The number of nitriles is 2. The maximum Gasteiger partial charge on any atom is 0.0991 e. The Morgan fingerprint density at radius 1 is 1.38 bits per heavy atom. The van der Waals surface area contributed by atoms with Crippen molar-refractivity contribution in [3.8, 4) is 12.1 Å². The predicted molar refractivity (Wildman–Crippen MR) is 48.2 cm³/mol. The Hall–Kier alpha value is -2.13. The Labute approximate surface area is 76.4 Å². The quantitative estimate of drug-likeness (QED) is 0.686. The summed E-state index contributed by atoms with van der Waals surface area (Å²) in [5.41, 5.74) is 1.40. The Balaban J connectivity index is 2.98. The van der Waals surface area contributed by atoms with E-state index in [1.165, 1.54) is 0 Å². The minimum atomic E-state index is 0.0783. The molecule has 1 rings (SSSR count). The lowest BCUT2D eigenvalue weighted by Gasteiger charge is -1.98. The van der Waals surface area contributed by atoms with Gasteiger partial charge in [-0.15, -0.1) is 0 Å². The molecule has 0 fully saturated rings. The van der Waals surface area contributed by atoms with E-state index >= 15 is 0 Å². The molecule has 0 bridgehead atoms. The fraction of sp³-hybridized carbons (Fsp3) is 0.100. The van der Waals surface area contributed by atoms with Crippen molar-refractivity contribution in [3.63, 3.8) is 0 Å². The molecule has 1 aromatic carbocycles. The number of nitrogens with zero attached hydrogens (tertiary/aromatic N) is 2. The van der Waals surface area contributed by atoms with Crippen molar-refractivity contribution in [1.29, 1.82) is 15.9 Å². The molecule has 1 aromatic rings. The first-order valence-corrected chi connectivity index (χ1v) is 3.73. The van der Waals surface area contributed by atoms with Crippen molar-refractivity contribution in [1.82, 2.24) is 0 Å². The predicted octanol–water partition coefficient (Wildman–Crippen LogP) is 1.84. The van der Waals surface area contributed by atoms with Crippen molar-refractivity contribution in [2.75, 3.05) is 0 Å². The molecule has 0 radical (unpaired) electrons. The molecule has 0 aromatic heterocycles. The molecule has 0 amide bonds. The fourth-order valence-corrected chi connectivity index (χ4v) is 0.958. The van der Waals surface area contributed by atoms with Crippen LogP contribution in [-0.4, -0.2) is 5.71 Å². The highest BCUT2D eigenvalue weighted by Crippen LogP contribution is 2.06. The first kappa shape index (κ1) is 8.96. The smallest absolute Gasteiger partial charge is 0.0991 e. The highest BCUT2D eigenvalue weighted by Gasteiger charge is 2.00. The monoisotopic (exact) mass is 169 g/mol. The molecule has 0 heterocycles. The summed E-state index contributed by atoms with van der Waals surface area (Å²) >= 11 is 0. The lowest BCUT2D eigenvalue weighted by atomic mass is 10.1. The van der Waals surface area contributed by atoms with Crippen molar-refractivity contribution in [2.24, 2.45) is 0 Å². The number of hydrogen-bond donors (Lipinski definition) is 1. The van der Waals surface area contributed by atoms with Gasteiger partial charge in [0, 0.05) is 0 Å². The van der Waals surface area contributed by atoms with Crippen molar-refractivity contribution >= 4 is 5.71 Å². The van der Waals surface area contributed by atoms with Crippen LogP contribution < -0.4 is 0 Å². The molecular formula is C10H7N3. The molecule has 0 aliphatic heterocycles. The van der Waals surface area contributed by atoms with Gasteiger partial charge in [0.15, 0.2) is 0 Å². The summed E-state index contributed by atoms with van der Waals surface area (Å²) in [7, 11) is 0. The highest BCUT2D eigenvalue weighted by atomic mass is 14.4. The summed E-state index contributed by atoms with van der Waals surface area (Å²) in [5, 5.41) is 24.4. The van der Waals surface area contributed by atoms with Crippen LogP contribution in [0, 0.1) is 28.1 Å². The molecule has 62 valence electrons. The minimum Gasteiger partial charge on any atom is -0.304 e. The third-order valence-electron chi connectivity index (χ3n) is 1.60. The lowest BCUT2D eigenvalue weighted by molar-refractivity contribution is 1.33. The summed E-state index contributed by atoms with van der Waals surface area (Å²) in [6, 6.07) is 10.6. The van der Waals surface area contributed by atoms with Crippen LogP contribution in [0.1, 0.15) is 17.5 Å². The Kier molecular flexibility index (Phi) is 2.78. The summed E-state index contributed by atoms with van der Waals surface area (Å²) < 4.78 is 0. The zero-order chi connectivity index (χ0) is 9.68. The number of rotatable bonds is 2. The van der Waals surface area contributed by atoms with Crippen LogP contribution in [0.5, 0.6) is 0 Å². The van der Waals surface area contributed by atoms with Gasteiger partial charge in [0.25, 0.3) is 0 Å². The standard InChI is InChI=1S/C10H7N3/c11-5-4-10(13)9-3-1-2-8(6-9)7-12/h1-3,6,13H,4H2. The Bertz CT molecular complexity index is 407. The highest BCUT2D eigenvalue weighted by molar-refractivity contribution is 5.99. The van der Waals surface area contributed by atoms with Gasteiger partial charge in [0.1, 0.15) is 0 Å². The second-order valence-corrected chi connectivity index (χ2v) is 2.51. The van der Waals surface area contributed by atoms with E-state index in [-0.39, 0.29) is 12.1 Å². The molecule has 3 heteroatoms. The Morgan fingerprint density at radius 2 is 2.15 bits per heavy atom. The molecule has 0 saturated carbocycles. The van der Waals surface area contributed by atoms with Gasteiger partial charge >= 0.3 is 0 Å². The minimum absolute atomic E-state index is 0.0783. The maximum atomic E-state index is 8.59. The van der Waals surface area contributed by atoms with Gasteiger partial charge in [0.2, 0.25) is 0 Å². The van der Waals surface area contributed by atoms with E-state index in [0.717, 1.165) is 0 Å². The first-order valence-electron chi connectivity index (χ1n) is 3.73. The first-order chi connectivity index (χ1) is 6.27. The van der Waals surface area contributed by atoms with E-state index < -0.39 is 0 Å². The maximum absolute atomic E-state index is 8.59. The average Bonchev–Trinajstić information content (AvgIpc) is 2.18. The summed E-state index contributed by atoms with van der Waals surface area (Å²) in [4.78, 5) is 0. The van der Waals surface area contributed by atoms with E-state index in [1.807, 2.05) is 12.1 Å². The number of hydrogen-bond acceptors (Lipinski definition) is 3. The normalized spacial score (nSPS) is 8.46. The van der Waals surface area contributed by atoms with E-state index in [9.17, 15) is 0 Å². The molecule has 0 unspecified atom stereocenters. The van der Waals surface area contributed by atoms with Gasteiger partial charge in [-0.2, -0.15) is 10.5 Å². The molecule has 0 spiro atoms. The fourth-order valence-electron chi connectivity index (χ4n) is 0.958. The number of nitrogens with one attached hydrogen (secondary N) is 1. The third-order valence-corrected chi connectivity index (χ3v) is 1.60. The molecule has 0 saturated heterocycles. The van der Waals surface area contributed by atoms with Gasteiger partial charge in [-0.05, 0) is 17.7 Å². The van der Waals surface area contributed by atoms with Crippen LogP contribution >= 0.6 is 0 Å². The van der Waals surface area contributed by atoms with Crippen LogP contribution in [0.4, 0.5) is 0 Å². The van der Waals surface area contributed by atoms with E-state index in [2.05, 4.69) is 0 Å².